The fourth-order valence-electron chi connectivity index (χ4n) is 2.91. The molecule has 118 valence electrons. The van der Waals surface area contributed by atoms with Crippen LogP contribution in [0.15, 0.2) is 0 Å². The van der Waals surface area contributed by atoms with E-state index in [1.54, 1.807) is 0 Å². The van der Waals surface area contributed by atoms with Crippen LogP contribution in [0.3, 0.4) is 0 Å². The Bertz CT molecular complexity index is 305. The Labute approximate surface area is 124 Å². The second-order valence-electron chi connectivity index (χ2n) is 6.32. The maximum absolute atomic E-state index is 12.6. The summed E-state index contributed by atoms with van der Waals surface area (Å²) < 4.78 is 5.76. The summed E-state index contributed by atoms with van der Waals surface area (Å²) in [7, 11) is 0. The topological polar surface area (TPSA) is 41.6 Å². The number of unbranched alkanes of at least 4 members (excludes halogenated alkanes) is 1. The minimum absolute atomic E-state index is 0.00364. The fourth-order valence-corrected chi connectivity index (χ4v) is 2.91. The van der Waals surface area contributed by atoms with Crippen LogP contribution < -0.4 is 5.32 Å². The Kier molecular flexibility index (Phi) is 6.96. The summed E-state index contributed by atoms with van der Waals surface area (Å²) in [6, 6.07) is 0.00364. The standard InChI is InChI=1S/C16H32N2O2/c1-6-9-11-13-15(19)18(14(17-13)10-7-2)12-16(4,5)20-8-3/h13-14,17H,6-12H2,1-5H3. The zero-order valence-electron chi connectivity index (χ0n) is 13.9. The summed E-state index contributed by atoms with van der Waals surface area (Å²) in [4.78, 5) is 14.6. The summed E-state index contributed by atoms with van der Waals surface area (Å²) in [5, 5.41) is 3.51. The molecule has 0 aromatic carbocycles. The highest BCUT2D eigenvalue weighted by molar-refractivity contribution is 5.84. The van der Waals surface area contributed by atoms with Gasteiger partial charge in [0.2, 0.25) is 5.91 Å². The van der Waals surface area contributed by atoms with Crippen molar-refractivity contribution in [2.75, 3.05) is 13.2 Å². The lowest BCUT2D eigenvalue weighted by atomic mass is 10.1. The van der Waals surface area contributed by atoms with Crippen molar-refractivity contribution < 1.29 is 9.53 Å². The van der Waals surface area contributed by atoms with E-state index in [1.165, 1.54) is 0 Å². The summed E-state index contributed by atoms with van der Waals surface area (Å²) in [5.41, 5.74) is -0.280. The largest absolute Gasteiger partial charge is 0.374 e. The Balaban J connectivity index is 2.71. The van der Waals surface area contributed by atoms with E-state index in [9.17, 15) is 4.79 Å². The third-order valence-corrected chi connectivity index (χ3v) is 3.85. The van der Waals surface area contributed by atoms with Crippen molar-refractivity contribution in [3.05, 3.63) is 0 Å². The Morgan fingerprint density at radius 1 is 1.20 bits per heavy atom. The smallest absolute Gasteiger partial charge is 0.241 e. The molecule has 1 aliphatic heterocycles. The number of hydrogen-bond acceptors (Lipinski definition) is 3. The molecule has 4 heteroatoms. The molecular weight excluding hydrogens is 252 g/mol. The molecule has 2 atom stereocenters. The highest BCUT2D eigenvalue weighted by atomic mass is 16.5. The first-order valence-corrected chi connectivity index (χ1v) is 8.15. The zero-order chi connectivity index (χ0) is 15.2. The lowest BCUT2D eigenvalue weighted by molar-refractivity contribution is -0.134. The zero-order valence-corrected chi connectivity index (χ0v) is 13.9. The van der Waals surface area contributed by atoms with E-state index in [-0.39, 0.29) is 23.7 Å². The van der Waals surface area contributed by atoms with Crippen LogP contribution in [-0.2, 0) is 9.53 Å². The van der Waals surface area contributed by atoms with Gasteiger partial charge in [0.1, 0.15) is 0 Å². The quantitative estimate of drug-likeness (QED) is 0.708. The maximum atomic E-state index is 12.6. The van der Waals surface area contributed by atoms with Crippen LogP contribution in [0.4, 0.5) is 0 Å². The lowest BCUT2D eigenvalue weighted by Gasteiger charge is -2.33. The third-order valence-electron chi connectivity index (χ3n) is 3.85. The molecule has 1 amide bonds. The Morgan fingerprint density at radius 2 is 1.90 bits per heavy atom. The second-order valence-corrected chi connectivity index (χ2v) is 6.32. The van der Waals surface area contributed by atoms with Crippen LogP contribution in [0.1, 0.15) is 66.7 Å². The average molecular weight is 284 g/mol. The van der Waals surface area contributed by atoms with Crippen molar-refractivity contribution in [3.8, 4) is 0 Å². The molecule has 0 saturated carbocycles. The van der Waals surface area contributed by atoms with Gasteiger partial charge in [-0.1, -0.05) is 33.1 Å². The first-order chi connectivity index (χ1) is 9.45. The van der Waals surface area contributed by atoms with Gasteiger partial charge in [-0.3, -0.25) is 10.1 Å². The van der Waals surface area contributed by atoms with Crippen molar-refractivity contribution in [2.24, 2.45) is 0 Å². The van der Waals surface area contributed by atoms with Crippen LogP contribution in [0.2, 0.25) is 0 Å². The number of carbonyl (C=O) groups excluding carboxylic acids is 1. The van der Waals surface area contributed by atoms with Gasteiger partial charge in [0, 0.05) is 6.61 Å². The van der Waals surface area contributed by atoms with E-state index in [4.69, 9.17) is 4.74 Å². The molecule has 1 fully saturated rings. The van der Waals surface area contributed by atoms with Crippen molar-refractivity contribution in [2.45, 2.75) is 84.5 Å². The molecule has 0 aromatic heterocycles. The third kappa shape index (κ3) is 4.74. The van der Waals surface area contributed by atoms with Crippen LogP contribution in [-0.4, -0.2) is 41.8 Å². The fraction of sp³-hybridized carbons (Fsp3) is 0.938. The van der Waals surface area contributed by atoms with Gasteiger partial charge in [-0.15, -0.1) is 0 Å². The van der Waals surface area contributed by atoms with E-state index >= 15 is 0 Å². The predicted molar refractivity (Wildman–Crippen MR) is 82.6 cm³/mol. The van der Waals surface area contributed by atoms with Crippen molar-refractivity contribution >= 4 is 5.91 Å². The number of hydrogen-bond donors (Lipinski definition) is 1. The van der Waals surface area contributed by atoms with Gasteiger partial charge in [0.15, 0.2) is 0 Å². The summed E-state index contributed by atoms with van der Waals surface area (Å²) in [5.74, 6) is 0.254. The molecule has 4 nitrogen and oxygen atoms in total. The van der Waals surface area contributed by atoms with E-state index in [1.807, 2.05) is 11.8 Å². The molecule has 0 aromatic rings. The average Bonchev–Trinajstić information content (AvgIpc) is 2.65. The molecule has 1 N–H and O–H groups in total. The van der Waals surface area contributed by atoms with Crippen molar-refractivity contribution in [1.29, 1.82) is 0 Å². The van der Waals surface area contributed by atoms with E-state index in [0.717, 1.165) is 32.1 Å². The number of nitrogens with one attached hydrogen (secondary N) is 1. The molecule has 0 radical (unpaired) electrons. The highest BCUT2D eigenvalue weighted by Crippen LogP contribution is 2.22. The van der Waals surface area contributed by atoms with E-state index in [0.29, 0.717) is 13.2 Å². The van der Waals surface area contributed by atoms with Crippen molar-refractivity contribution in [3.63, 3.8) is 0 Å². The molecule has 0 bridgehead atoms. The number of amides is 1. The molecule has 1 saturated heterocycles. The van der Waals surface area contributed by atoms with Gasteiger partial charge in [0.25, 0.3) is 0 Å². The SMILES string of the molecule is CCCCC1NC(CCC)N(CC(C)(C)OCC)C1=O. The second kappa shape index (κ2) is 7.99. The van der Waals surface area contributed by atoms with Crippen LogP contribution in [0, 0.1) is 0 Å². The Hall–Kier alpha value is -0.610. The van der Waals surface area contributed by atoms with Gasteiger partial charge >= 0.3 is 0 Å². The van der Waals surface area contributed by atoms with Gasteiger partial charge in [-0.05, 0) is 33.6 Å². The molecule has 2 unspecified atom stereocenters. The molecule has 20 heavy (non-hydrogen) atoms. The highest BCUT2D eigenvalue weighted by Gasteiger charge is 2.40. The molecule has 1 rings (SSSR count). The minimum atomic E-state index is -0.280. The summed E-state index contributed by atoms with van der Waals surface area (Å²) in [6.45, 7) is 11.8. The van der Waals surface area contributed by atoms with Gasteiger partial charge in [0.05, 0.1) is 24.4 Å². The van der Waals surface area contributed by atoms with E-state index < -0.39 is 0 Å². The number of carbonyl (C=O) groups is 1. The normalized spacial score (nSPS) is 23.6. The lowest BCUT2D eigenvalue weighted by Crippen LogP contribution is -2.46. The van der Waals surface area contributed by atoms with Crippen molar-refractivity contribution in [1.82, 2.24) is 10.2 Å². The maximum Gasteiger partial charge on any atom is 0.241 e. The van der Waals surface area contributed by atoms with Crippen LogP contribution in [0.25, 0.3) is 0 Å². The van der Waals surface area contributed by atoms with Gasteiger partial charge in [-0.2, -0.15) is 0 Å². The summed E-state index contributed by atoms with van der Waals surface area (Å²) >= 11 is 0. The monoisotopic (exact) mass is 284 g/mol. The first kappa shape index (κ1) is 17.4. The molecule has 1 aliphatic rings. The minimum Gasteiger partial charge on any atom is -0.374 e. The van der Waals surface area contributed by atoms with E-state index in [2.05, 4.69) is 33.0 Å². The first-order valence-electron chi connectivity index (χ1n) is 8.15. The summed E-state index contributed by atoms with van der Waals surface area (Å²) in [6.07, 6.45) is 5.45. The molecular formula is C16H32N2O2. The number of rotatable bonds is 9. The number of nitrogens with zero attached hydrogens (tertiary/aromatic N) is 1. The molecule has 1 heterocycles. The predicted octanol–water partition coefficient (Wildman–Crippen LogP) is 2.92. The van der Waals surface area contributed by atoms with Gasteiger partial charge in [-0.25, -0.2) is 0 Å². The Morgan fingerprint density at radius 3 is 2.45 bits per heavy atom. The van der Waals surface area contributed by atoms with Crippen LogP contribution in [0.5, 0.6) is 0 Å². The molecule has 0 aliphatic carbocycles. The van der Waals surface area contributed by atoms with Gasteiger partial charge < -0.3 is 9.64 Å². The van der Waals surface area contributed by atoms with Crippen LogP contribution >= 0.6 is 0 Å². The molecule has 0 spiro atoms. The number of ether oxygens (including phenoxy) is 1.